The molecule has 0 aliphatic rings. The third kappa shape index (κ3) is 2.12. The van der Waals surface area contributed by atoms with Crippen molar-refractivity contribution in [3.05, 3.63) is 75.5 Å². The lowest BCUT2D eigenvalue weighted by Crippen LogP contribution is -1.92. The summed E-state index contributed by atoms with van der Waals surface area (Å²) in [5.41, 5.74) is 1.35. The van der Waals surface area contributed by atoms with Gasteiger partial charge in [-0.1, -0.05) is 62.1 Å². The molecule has 1 heterocycles. The molecule has 1 aromatic heterocycles. The van der Waals surface area contributed by atoms with Crippen LogP contribution in [-0.4, -0.2) is 4.57 Å². The van der Waals surface area contributed by atoms with Crippen LogP contribution in [0.15, 0.2) is 75.5 Å². The summed E-state index contributed by atoms with van der Waals surface area (Å²) in [6, 6.07) is 8.56. The molecule has 0 saturated heterocycles. The second kappa shape index (κ2) is 5.00. The molecule has 0 N–H and O–H groups in total. The summed E-state index contributed by atoms with van der Waals surface area (Å²) < 4.78 is 52.3. The fourth-order valence-corrected chi connectivity index (χ4v) is 2.97. The molecule has 0 fully saturated rings. The average molecular weight is 407 g/mol. The van der Waals surface area contributed by atoms with Crippen LogP contribution in [0.25, 0.3) is 27.5 Å². The third-order valence-corrected chi connectivity index (χ3v) is 4.03. The van der Waals surface area contributed by atoms with Gasteiger partial charge in [-0.2, -0.15) is 0 Å². The summed E-state index contributed by atoms with van der Waals surface area (Å²) in [5, 5.41) is 0.484. The zero-order chi connectivity index (χ0) is 19.6. The number of fused-ring (bicyclic) bond motifs is 3. The second-order valence-electron chi connectivity index (χ2n) is 4.50. The predicted octanol–water partition coefficient (Wildman–Crippen LogP) is 6.31. The van der Waals surface area contributed by atoms with E-state index in [1.807, 2.05) is 30.3 Å². The molecular formula is C18H11Br2N. The first-order valence-corrected chi connectivity index (χ1v) is 7.80. The number of hydrogen-bond donors (Lipinski definition) is 0. The van der Waals surface area contributed by atoms with Gasteiger partial charge in [0.15, 0.2) is 0 Å². The monoisotopic (exact) mass is 405 g/mol. The van der Waals surface area contributed by atoms with Crippen LogP contribution < -0.4 is 0 Å². The third-order valence-electron chi connectivity index (χ3n) is 3.24. The Morgan fingerprint density at radius 2 is 1.29 bits per heavy atom. The van der Waals surface area contributed by atoms with Gasteiger partial charge in [-0.05, 0) is 36.3 Å². The maximum absolute atomic E-state index is 8.54. The first-order chi connectivity index (χ1) is 12.8. The minimum atomic E-state index is -0.153. The van der Waals surface area contributed by atoms with Gasteiger partial charge < -0.3 is 4.57 Å². The Hall–Kier alpha value is -1.58. The molecule has 0 spiro atoms. The summed E-state index contributed by atoms with van der Waals surface area (Å²) in [7, 11) is 0. The molecule has 4 rings (SSSR count). The van der Waals surface area contributed by atoms with Crippen LogP contribution in [0, 0.1) is 0 Å². The molecule has 0 atom stereocenters. The van der Waals surface area contributed by atoms with Gasteiger partial charge in [0.25, 0.3) is 0 Å². The van der Waals surface area contributed by atoms with E-state index in [0.29, 0.717) is 16.7 Å². The highest BCUT2D eigenvalue weighted by molar-refractivity contribution is 9.10. The van der Waals surface area contributed by atoms with E-state index in [0.717, 1.165) is 0 Å². The van der Waals surface area contributed by atoms with Crippen molar-refractivity contribution >= 4 is 53.7 Å². The smallest absolute Gasteiger partial charge is 0.0657 e. The van der Waals surface area contributed by atoms with Crippen LogP contribution >= 0.6 is 31.9 Å². The number of nitrogens with zero attached hydrogens (tertiary/aromatic N) is 1. The molecule has 0 radical (unpaired) electrons. The SMILES string of the molecule is [2H]c1c(Br)c([2H])c2c(c1[2H])c1c([2H])c([2H])c(Br)c([2H])c1n2-c1ccccc1. The van der Waals surface area contributed by atoms with E-state index in [1.165, 1.54) is 0 Å². The van der Waals surface area contributed by atoms with E-state index < -0.39 is 0 Å². The van der Waals surface area contributed by atoms with Gasteiger partial charge in [0.2, 0.25) is 0 Å². The predicted molar refractivity (Wildman–Crippen MR) is 96.2 cm³/mol. The van der Waals surface area contributed by atoms with Crippen LogP contribution in [0.2, 0.25) is 0 Å². The zero-order valence-corrected chi connectivity index (χ0v) is 13.8. The van der Waals surface area contributed by atoms with Crippen LogP contribution in [0.4, 0.5) is 0 Å². The Bertz CT molecular complexity index is 1170. The lowest BCUT2D eigenvalue weighted by Gasteiger charge is -2.07. The van der Waals surface area contributed by atoms with Gasteiger partial charge in [0, 0.05) is 25.4 Å². The van der Waals surface area contributed by atoms with Gasteiger partial charge in [-0.25, -0.2) is 0 Å². The molecule has 3 heteroatoms. The number of para-hydroxylation sites is 1. The maximum Gasteiger partial charge on any atom is 0.0657 e. The summed E-state index contributed by atoms with van der Waals surface area (Å²) in [4.78, 5) is 0. The van der Waals surface area contributed by atoms with Crippen molar-refractivity contribution in [1.29, 1.82) is 0 Å². The van der Waals surface area contributed by atoms with Crippen LogP contribution in [0.1, 0.15) is 8.22 Å². The van der Waals surface area contributed by atoms with Crippen molar-refractivity contribution in [2.75, 3.05) is 0 Å². The number of aromatic nitrogens is 1. The highest BCUT2D eigenvalue weighted by atomic mass is 79.9. The molecule has 0 amide bonds. The standard InChI is InChI=1S/C18H11Br2N/c19-12-6-8-15-16-9-7-13(20)11-18(16)21(17(15)10-12)14-4-2-1-3-5-14/h1-11H/i6D,7D,8D,9D,10D,11D. The Labute approximate surface area is 147 Å². The fourth-order valence-electron chi connectivity index (χ4n) is 2.39. The van der Waals surface area contributed by atoms with E-state index in [-0.39, 0.29) is 56.0 Å². The van der Waals surface area contributed by atoms with Crippen molar-refractivity contribution < 1.29 is 8.22 Å². The van der Waals surface area contributed by atoms with Gasteiger partial charge in [-0.15, -0.1) is 0 Å². The van der Waals surface area contributed by atoms with Gasteiger partial charge in [0.05, 0.1) is 19.3 Å². The largest absolute Gasteiger partial charge is 0.309 e. The summed E-state index contributed by atoms with van der Waals surface area (Å²) in [5.74, 6) is 0. The molecule has 0 bridgehead atoms. The van der Waals surface area contributed by atoms with Crippen molar-refractivity contribution in [3.63, 3.8) is 0 Å². The van der Waals surface area contributed by atoms with E-state index in [4.69, 9.17) is 8.22 Å². The van der Waals surface area contributed by atoms with E-state index >= 15 is 0 Å². The van der Waals surface area contributed by atoms with Gasteiger partial charge in [0.1, 0.15) is 0 Å². The molecule has 21 heavy (non-hydrogen) atoms. The minimum Gasteiger partial charge on any atom is -0.309 e. The van der Waals surface area contributed by atoms with Crippen molar-refractivity contribution in [1.82, 2.24) is 4.57 Å². The molecule has 102 valence electrons. The quantitative estimate of drug-likeness (QED) is 0.349. The average Bonchev–Trinajstić information content (AvgIpc) is 3.04. The first-order valence-electron chi connectivity index (χ1n) is 9.21. The lowest BCUT2D eigenvalue weighted by atomic mass is 10.2. The summed E-state index contributed by atoms with van der Waals surface area (Å²) in [6.07, 6.45) is 0. The fraction of sp³-hybridized carbons (Fsp3) is 0. The van der Waals surface area contributed by atoms with Crippen molar-refractivity contribution in [2.24, 2.45) is 0 Å². The first kappa shape index (κ1) is 8.16. The topological polar surface area (TPSA) is 4.93 Å². The van der Waals surface area contributed by atoms with Crippen LogP contribution in [0.3, 0.4) is 0 Å². The van der Waals surface area contributed by atoms with Crippen LogP contribution in [0.5, 0.6) is 0 Å². The van der Waals surface area contributed by atoms with Crippen LogP contribution in [-0.2, 0) is 0 Å². The molecule has 3 aromatic carbocycles. The Morgan fingerprint density at radius 3 is 1.81 bits per heavy atom. The maximum atomic E-state index is 8.54. The molecule has 0 unspecified atom stereocenters. The number of hydrogen-bond acceptors (Lipinski definition) is 0. The van der Waals surface area contributed by atoms with E-state index in [1.54, 1.807) is 4.57 Å². The summed E-state index contributed by atoms with van der Waals surface area (Å²) >= 11 is 6.47. The molecule has 0 saturated carbocycles. The Balaban J connectivity index is 2.45. The Kier molecular flexibility index (Phi) is 1.94. The number of rotatable bonds is 1. The highest BCUT2D eigenvalue weighted by Gasteiger charge is 2.12. The van der Waals surface area contributed by atoms with Crippen molar-refractivity contribution in [2.45, 2.75) is 0 Å². The molecule has 4 aromatic rings. The van der Waals surface area contributed by atoms with E-state index in [9.17, 15) is 0 Å². The minimum absolute atomic E-state index is 0.00695. The Morgan fingerprint density at radius 1 is 0.762 bits per heavy atom. The van der Waals surface area contributed by atoms with E-state index in [2.05, 4.69) is 31.9 Å². The summed E-state index contributed by atoms with van der Waals surface area (Å²) in [6.45, 7) is 0. The lowest BCUT2D eigenvalue weighted by molar-refractivity contribution is 1.18. The highest BCUT2D eigenvalue weighted by Crippen LogP contribution is 2.34. The molecule has 0 aliphatic carbocycles. The van der Waals surface area contributed by atoms with Gasteiger partial charge >= 0.3 is 0 Å². The number of benzene rings is 3. The molecule has 0 aliphatic heterocycles. The van der Waals surface area contributed by atoms with Gasteiger partial charge in [-0.3, -0.25) is 0 Å². The molecular weight excluding hydrogens is 390 g/mol. The second-order valence-corrected chi connectivity index (χ2v) is 6.08. The van der Waals surface area contributed by atoms with Crippen molar-refractivity contribution in [3.8, 4) is 5.69 Å². The number of halogens is 2. The normalized spacial score (nSPS) is 15.3. The molecule has 1 nitrogen and oxygen atoms in total. The zero-order valence-electron chi connectivity index (χ0n) is 16.6.